The van der Waals surface area contributed by atoms with Gasteiger partial charge in [0.2, 0.25) is 0 Å². The molecular formula is C16H19N3. The highest BCUT2D eigenvalue weighted by molar-refractivity contribution is 5.77. The first-order valence-electron chi connectivity index (χ1n) is 7.04. The molecule has 0 radical (unpaired) electrons. The Balaban J connectivity index is 2.10. The van der Waals surface area contributed by atoms with E-state index < -0.39 is 0 Å². The largest absolute Gasteiger partial charge is 0.326 e. The molecule has 2 aromatic rings. The van der Waals surface area contributed by atoms with Gasteiger partial charge in [-0.1, -0.05) is 12.8 Å². The fourth-order valence-corrected chi connectivity index (χ4v) is 3.14. The van der Waals surface area contributed by atoms with Crippen LogP contribution in [0.4, 0.5) is 0 Å². The molecule has 3 nitrogen and oxygen atoms in total. The molecular weight excluding hydrogens is 234 g/mol. The van der Waals surface area contributed by atoms with Crippen molar-refractivity contribution in [3.8, 4) is 6.07 Å². The normalized spacial score (nSPS) is 23.4. The molecule has 0 amide bonds. The highest BCUT2D eigenvalue weighted by Gasteiger charge is 2.27. The Bertz CT molecular complexity index is 648. The van der Waals surface area contributed by atoms with Crippen molar-refractivity contribution in [1.29, 1.82) is 5.26 Å². The highest BCUT2D eigenvalue weighted by atomic mass is 15.1. The predicted octanol–water partition coefficient (Wildman–Crippen LogP) is 3.91. The van der Waals surface area contributed by atoms with Crippen LogP contribution in [0.15, 0.2) is 18.5 Å². The lowest BCUT2D eigenvalue weighted by Gasteiger charge is -2.28. The van der Waals surface area contributed by atoms with Gasteiger partial charge in [0, 0.05) is 0 Å². The molecule has 1 saturated carbocycles. The summed E-state index contributed by atoms with van der Waals surface area (Å²) in [4.78, 5) is 4.52. The third kappa shape index (κ3) is 2.02. The number of imidazole rings is 1. The van der Waals surface area contributed by atoms with Crippen LogP contribution in [-0.2, 0) is 0 Å². The Morgan fingerprint density at radius 2 is 1.95 bits per heavy atom. The van der Waals surface area contributed by atoms with Gasteiger partial charge in [-0.25, -0.2) is 4.98 Å². The van der Waals surface area contributed by atoms with E-state index in [4.69, 9.17) is 0 Å². The molecule has 0 saturated heterocycles. The van der Waals surface area contributed by atoms with Gasteiger partial charge >= 0.3 is 0 Å². The maximum atomic E-state index is 9.35. The van der Waals surface area contributed by atoms with Crippen molar-refractivity contribution < 1.29 is 0 Å². The number of rotatable bonds is 1. The van der Waals surface area contributed by atoms with Crippen molar-refractivity contribution in [1.82, 2.24) is 9.55 Å². The van der Waals surface area contributed by atoms with E-state index in [0.717, 1.165) is 18.4 Å². The minimum atomic E-state index is 0.132. The van der Waals surface area contributed by atoms with E-state index in [2.05, 4.69) is 41.6 Å². The smallest absolute Gasteiger partial charge is 0.0961 e. The summed E-state index contributed by atoms with van der Waals surface area (Å²) in [6, 6.07) is 7.13. The molecule has 1 aromatic heterocycles. The molecule has 1 aromatic carbocycles. The van der Waals surface area contributed by atoms with E-state index in [1.165, 1.54) is 29.5 Å². The van der Waals surface area contributed by atoms with Crippen LogP contribution in [-0.4, -0.2) is 9.55 Å². The van der Waals surface area contributed by atoms with E-state index in [1.54, 1.807) is 0 Å². The van der Waals surface area contributed by atoms with Gasteiger partial charge in [0.15, 0.2) is 0 Å². The zero-order valence-electron chi connectivity index (χ0n) is 11.6. The molecule has 0 spiro atoms. The van der Waals surface area contributed by atoms with Gasteiger partial charge in [0.05, 0.1) is 35.4 Å². The van der Waals surface area contributed by atoms with Crippen molar-refractivity contribution in [2.75, 3.05) is 0 Å². The molecule has 3 rings (SSSR count). The fourth-order valence-electron chi connectivity index (χ4n) is 3.14. The van der Waals surface area contributed by atoms with Crippen molar-refractivity contribution in [3.63, 3.8) is 0 Å². The molecule has 1 heterocycles. The number of aryl methyl sites for hydroxylation is 2. The molecule has 2 unspecified atom stereocenters. The minimum Gasteiger partial charge on any atom is -0.326 e. The monoisotopic (exact) mass is 253 g/mol. The maximum absolute atomic E-state index is 9.35. The standard InChI is InChI=1S/C16H19N3/c1-11-7-14-16(8-12(11)2)19(10-18-14)15-6-4-3-5-13(15)9-17/h7-8,10,13,15H,3-6H2,1-2H3. The molecule has 98 valence electrons. The van der Waals surface area contributed by atoms with E-state index >= 15 is 0 Å². The van der Waals surface area contributed by atoms with Gasteiger partial charge in [-0.15, -0.1) is 0 Å². The second kappa shape index (κ2) is 4.70. The number of aromatic nitrogens is 2. The van der Waals surface area contributed by atoms with Crippen LogP contribution in [0.2, 0.25) is 0 Å². The first-order valence-corrected chi connectivity index (χ1v) is 7.04. The van der Waals surface area contributed by atoms with Crippen LogP contribution in [0, 0.1) is 31.1 Å². The molecule has 19 heavy (non-hydrogen) atoms. The van der Waals surface area contributed by atoms with Crippen molar-refractivity contribution in [2.45, 2.75) is 45.6 Å². The number of fused-ring (bicyclic) bond motifs is 1. The lowest BCUT2D eigenvalue weighted by Crippen LogP contribution is -2.21. The SMILES string of the molecule is Cc1cc2ncn(C3CCCCC3C#N)c2cc1C. The van der Waals surface area contributed by atoms with Gasteiger partial charge in [-0.3, -0.25) is 0 Å². The third-order valence-corrected chi connectivity index (χ3v) is 4.44. The third-order valence-electron chi connectivity index (χ3n) is 4.44. The average Bonchev–Trinajstić information content (AvgIpc) is 2.82. The summed E-state index contributed by atoms with van der Waals surface area (Å²) < 4.78 is 2.23. The van der Waals surface area contributed by atoms with Crippen molar-refractivity contribution in [3.05, 3.63) is 29.6 Å². The minimum absolute atomic E-state index is 0.132. The Morgan fingerprint density at radius 1 is 1.21 bits per heavy atom. The van der Waals surface area contributed by atoms with E-state index in [0.29, 0.717) is 6.04 Å². The summed E-state index contributed by atoms with van der Waals surface area (Å²) in [5, 5.41) is 9.35. The van der Waals surface area contributed by atoms with Crippen LogP contribution in [0.3, 0.4) is 0 Å². The molecule has 0 bridgehead atoms. The predicted molar refractivity (Wildman–Crippen MR) is 75.8 cm³/mol. The summed E-state index contributed by atoms with van der Waals surface area (Å²) in [6.45, 7) is 4.25. The van der Waals surface area contributed by atoms with Crippen LogP contribution < -0.4 is 0 Å². The van der Waals surface area contributed by atoms with Crippen molar-refractivity contribution in [2.24, 2.45) is 5.92 Å². The summed E-state index contributed by atoms with van der Waals surface area (Å²) >= 11 is 0. The fraction of sp³-hybridized carbons (Fsp3) is 0.500. The zero-order valence-corrected chi connectivity index (χ0v) is 11.6. The van der Waals surface area contributed by atoms with Gasteiger partial charge < -0.3 is 4.57 Å². The summed E-state index contributed by atoms with van der Waals surface area (Å²) in [5.74, 6) is 0.132. The summed E-state index contributed by atoms with van der Waals surface area (Å²) in [7, 11) is 0. The molecule has 0 aliphatic heterocycles. The number of hydrogen-bond acceptors (Lipinski definition) is 2. The molecule has 0 N–H and O–H groups in total. The lowest BCUT2D eigenvalue weighted by molar-refractivity contribution is 0.295. The van der Waals surface area contributed by atoms with Crippen LogP contribution >= 0.6 is 0 Å². The zero-order chi connectivity index (χ0) is 13.4. The van der Waals surface area contributed by atoms with Crippen LogP contribution in [0.1, 0.15) is 42.9 Å². The Labute approximate surface area is 113 Å². The molecule has 1 aliphatic carbocycles. The lowest BCUT2D eigenvalue weighted by atomic mass is 9.85. The van der Waals surface area contributed by atoms with Gasteiger partial charge in [0.1, 0.15) is 0 Å². The first kappa shape index (κ1) is 12.2. The van der Waals surface area contributed by atoms with E-state index in [-0.39, 0.29) is 5.92 Å². The summed E-state index contributed by atoms with van der Waals surface area (Å²) in [6.07, 6.45) is 6.43. The molecule has 2 atom stereocenters. The quantitative estimate of drug-likeness (QED) is 0.773. The first-order chi connectivity index (χ1) is 9.20. The molecule has 3 heteroatoms. The topological polar surface area (TPSA) is 41.6 Å². The van der Waals surface area contributed by atoms with Crippen molar-refractivity contribution >= 4 is 11.0 Å². The van der Waals surface area contributed by atoms with Gasteiger partial charge in [-0.05, 0) is 49.9 Å². The number of nitriles is 1. The highest BCUT2D eigenvalue weighted by Crippen LogP contribution is 2.35. The number of benzene rings is 1. The average molecular weight is 253 g/mol. The number of nitrogens with zero attached hydrogens (tertiary/aromatic N) is 3. The van der Waals surface area contributed by atoms with E-state index in [1.807, 2.05) is 6.33 Å². The van der Waals surface area contributed by atoms with Gasteiger partial charge in [0.25, 0.3) is 0 Å². The summed E-state index contributed by atoms with van der Waals surface area (Å²) in [5.41, 5.74) is 4.79. The van der Waals surface area contributed by atoms with Crippen LogP contribution in [0.5, 0.6) is 0 Å². The molecule has 1 fully saturated rings. The molecule has 1 aliphatic rings. The number of hydrogen-bond donors (Lipinski definition) is 0. The Morgan fingerprint density at radius 3 is 2.74 bits per heavy atom. The Hall–Kier alpha value is -1.82. The van der Waals surface area contributed by atoms with E-state index in [9.17, 15) is 5.26 Å². The Kier molecular flexibility index (Phi) is 3.02. The second-order valence-corrected chi connectivity index (χ2v) is 5.66. The van der Waals surface area contributed by atoms with Gasteiger partial charge in [-0.2, -0.15) is 5.26 Å². The van der Waals surface area contributed by atoms with Crippen LogP contribution in [0.25, 0.3) is 11.0 Å². The maximum Gasteiger partial charge on any atom is 0.0961 e. The second-order valence-electron chi connectivity index (χ2n) is 5.66.